The fourth-order valence-electron chi connectivity index (χ4n) is 3.33. The van der Waals surface area contributed by atoms with Crippen LogP contribution in [0.5, 0.6) is 0 Å². The van der Waals surface area contributed by atoms with E-state index < -0.39 is 0 Å². The monoisotopic (exact) mass is 320 g/mol. The molecule has 6 heteroatoms. The van der Waals surface area contributed by atoms with Crippen LogP contribution in [-0.2, 0) is 6.54 Å². The van der Waals surface area contributed by atoms with E-state index in [0.717, 1.165) is 44.2 Å². The van der Waals surface area contributed by atoms with E-state index in [4.69, 9.17) is 0 Å². The molecule has 1 aliphatic rings. The summed E-state index contributed by atoms with van der Waals surface area (Å²) in [5.41, 5.74) is 1.19. The lowest BCUT2D eigenvalue weighted by Crippen LogP contribution is -2.36. The van der Waals surface area contributed by atoms with E-state index in [2.05, 4.69) is 41.7 Å². The topological polar surface area (TPSA) is 59.7 Å². The molecule has 0 saturated carbocycles. The van der Waals surface area contributed by atoms with Gasteiger partial charge in [-0.3, -0.25) is 4.98 Å². The van der Waals surface area contributed by atoms with E-state index in [1.165, 1.54) is 5.56 Å². The number of nitrogens with zero attached hydrogens (tertiary/aromatic N) is 6. The predicted octanol–water partition coefficient (Wildman–Crippen LogP) is 2.50. The van der Waals surface area contributed by atoms with Crippen LogP contribution < -0.4 is 4.90 Å². The summed E-state index contributed by atoms with van der Waals surface area (Å²) in [5.74, 6) is 2.35. The molecular formula is C18H20N6. The molecule has 0 bridgehead atoms. The van der Waals surface area contributed by atoms with Crippen LogP contribution in [-0.4, -0.2) is 37.6 Å². The van der Waals surface area contributed by atoms with Crippen molar-refractivity contribution in [3.05, 3.63) is 66.8 Å². The molecule has 0 unspecified atom stereocenters. The number of hydrogen-bond acceptors (Lipinski definition) is 5. The SMILES string of the molecule is c1cnc(N2CCC[C@H](c3nccn3Cc3cccnc3)C2)nc1. The van der Waals surface area contributed by atoms with Crippen molar-refractivity contribution in [3.63, 3.8) is 0 Å². The van der Waals surface area contributed by atoms with E-state index in [1.807, 2.05) is 24.5 Å². The molecule has 24 heavy (non-hydrogen) atoms. The van der Waals surface area contributed by atoms with Gasteiger partial charge in [-0.05, 0) is 30.5 Å². The average Bonchev–Trinajstić information content (AvgIpc) is 3.12. The number of pyridine rings is 1. The quantitative estimate of drug-likeness (QED) is 0.739. The largest absolute Gasteiger partial charge is 0.340 e. The zero-order valence-corrected chi connectivity index (χ0v) is 13.5. The second-order valence-electron chi connectivity index (χ2n) is 6.11. The van der Waals surface area contributed by atoms with Crippen LogP contribution in [0.4, 0.5) is 5.95 Å². The van der Waals surface area contributed by atoms with E-state index in [1.54, 1.807) is 18.6 Å². The van der Waals surface area contributed by atoms with Gasteiger partial charge in [0.2, 0.25) is 5.95 Å². The fraction of sp³-hybridized carbons (Fsp3) is 0.333. The van der Waals surface area contributed by atoms with Crippen LogP contribution in [0, 0.1) is 0 Å². The molecule has 122 valence electrons. The molecule has 0 radical (unpaired) electrons. The summed E-state index contributed by atoms with van der Waals surface area (Å²) >= 11 is 0. The Morgan fingerprint density at radius 3 is 2.79 bits per heavy atom. The minimum Gasteiger partial charge on any atom is -0.340 e. The Labute approximate surface area is 141 Å². The molecule has 3 aromatic heterocycles. The molecule has 0 spiro atoms. The van der Waals surface area contributed by atoms with Gasteiger partial charge in [-0.1, -0.05) is 6.07 Å². The van der Waals surface area contributed by atoms with Gasteiger partial charge in [0, 0.05) is 56.2 Å². The van der Waals surface area contributed by atoms with Crippen molar-refractivity contribution in [2.24, 2.45) is 0 Å². The third-order valence-corrected chi connectivity index (χ3v) is 4.44. The number of rotatable bonds is 4. The van der Waals surface area contributed by atoms with Crippen LogP contribution in [0.2, 0.25) is 0 Å². The van der Waals surface area contributed by atoms with Crippen molar-refractivity contribution in [2.75, 3.05) is 18.0 Å². The van der Waals surface area contributed by atoms with Crippen molar-refractivity contribution >= 4 is 5.95 Å². The van der Waals surface area contributed by atoms with Gasteiger partial charge < -0.3 is 9.47 Å². The molecule has 4 heterocycles. The molecule has 6 nitrogen and oxygen atoms in total. The Bertz CT molecular complexity index is 770. The van der Waals surface area contributed by atoms with Crippen LogP contribution in [0.1, 0.15) is 30.1 Å². The van der Waals surface area contributed by atoms with Gasteiger partial charge in [0.15, 0.2) is 0 Å². The summed E-state index contributed by atoms with van der Waals surface area (Å²) in [6, 6.07) is 5.92. The van der Waals surface area contributed by atoms with Gasteiger partial charge >= 0.3 is 0 Å². The highest BCUT2D eigenvalue weighted by molar-refractivity contribution is 5.30. The molecular weight excluding hydrogens is 300 g/mol. The molecule has 1 atom stereocenters. The Morgan fingerprint density at radius 2 is 1.96 bits per heavy atom. The molecule has 0 aliphatic carbocycles. The lowest BCUT2D eigenvalue weighted by Gasteiger charge is -2.32. The van der Waals surface area contributed by atoms with Crippen molar-refractivity contribution in [2.45, 2.75) is 25.3 Å². The first kappa shape index (κ1) is 14.8. The number of hydrogen-bond donors (Lipinski definition) is 0. The molecule has 1 fully saturated rings. The first-order valence-electron chi connectivity index (χ1n) is 8.32. The van der Waals surface area contributed by atoms with E-state index in [9.17, 15) is 0 Å². The normalized spacial score (nSPS) is 17.8. The molecule has 0 amide bonds. The number of imidazole rings is 1. The van der Waals surface area contributed by atoms with Crippen molar-refractivity contribution < 1.29 is 0 Å². The lowest BCUT2D eigenvalue weighted by molar-refractivity contribution is 0.471. The third kappa shape index (κ3) is 3.13. The summed E-state index contributed by atoms with van der Waals surface area (Å²) < 4.78 is 2.23. The summed E-state index contributed by atoms with van der Waals surface area (Å²) in [6.07, 6.45) is 13.5. The lowest BCUT2D eigenvalue weighted by atomic mass is 9.97. The maximum atomic E-state index is 4.64. The van der Waals surface area contributed by atoms with E-state index >= 15 is 0 Å². The van der Waals surface area contributed by atoms with Crippen molar-refractivity contribution in [1.82, 2.24) is 24.5 Å². The second kappa shape index (κ2) is 6.78. The first-order chi connectivity index (χ1) is 11.9. The third-order valence-electron chi connectivity index (χ3n) is 4.44. The molecule has 1 saturated heterocycles. The van der Waals surface area contributed by atoms with Gasteiger partial charge in [-0.15, -0.1) is 0 Å². The Hall–Kier alpha value is -2.76. The summed E-state index contributed by atoms with van der Waals surface area (Å²) in [5, 5.41) is 0. The second-order valence-corrected chi connectivity index (χ2v) is 6.11. The van der Waals surface area contributed by atoms with Gasteiger partial charge in [0.05, 0.1) is 6.54 Å². The number of anilines is 1. The van der Waals surface area contributed by atoms with Crippen molar-refractivity contribution in [3.8, 4) is 0 Å². The zero-order valence-electron chi connectivity index (χ0n) is 13.5. The maximum Gasteiger partial charge on any atom is 0.225 e. The standard InChI is InChI=1S/C18H20N6/c1-4-15(12-19-6-1)13-23-11-9-20-17(23)16-5-2-10-24(14-16)18-21-7-3-8-22-18/h1,3-4,6-9,11-12,16H,2,5,10,13-14H2/t16-/m0/s1. The zero-order chi connectivity index (χ0) is 16.2. The van der Waals surface area contributed by atoms with Crippen LogP contribution in [0.15, 0.2) is 55.4 Å². The Balaban J connectivity index is 1.53. The van der Waals surface area contributed by atoms with Gasteiger partial charge in [-0.25, -0.2) is 15.0 Å². The van der Waals surface area contributed by atoms with Gasteiger partial charge in [0.1, 0.15) is 5.82 Å². The molecule has 0 aromatic carbocycles. The average molecular weight is 320 g/mol. The molecule has 4 rings (SSSR count). The number of piperidine rings is 1. The summed E-state index contributed by atoms with van der Waals surface area (Å²) in [6.45, 7) is 2.72. The summed E-state index contributed by atoms with van der Waals surface area (Å²) in [7, 11) is 0. The summed E-state index contributed by atoms with van der Waals surface area (Å²) in [4.78, 5) is 19.9. The maximum absolute atomic E-state index is 4.64. The van der Waals surface area contributed by atoms with Gasteiger partial charge in [-0.2, -0.15) is 0 Å². The van der Waals surface area contributed by atoms with Crippen LogP contribution >= 0.6 is 0 Å². The molecule has 3 aromatic rings. The van der Waals surface area contributed by atoms with E-state index in [0.29, 0.717) is 5.92 Å². The Kier molecular flexibility index (Phi) is 4.18. The highest BCUT2D eigenvalue weighted by Gasteiger charge is 2.26. The molecule has 1 aliphatic heterocycles. The Morgan fingerprint density at radius 1 is 1.04 bits per heavy atom. The minimum absolute atomic E-state index is 0.397. The van der Waals surface area contributed by atoms with Crippen molar-refractivity contribution in [1.29, 1.82) is 0 Å². The first-order valence-corrected chi connectivity index (χ1v) is 8.32. The predicted molar refractivity (Wildman–Crippen MR) is 91.8 cm³/mol. The van der Waals surface area contributed by atoms with Gasteiger partial charge in [0.25, 0.3) is 0 Å². The van der Waals surface area contributed by atoms with E-state index in [-0.39, 0.29) is 0 Å². The number of aromatic nitrogens is 5. The highest BCUT2D eigenvalue weighted by Crippen LogP contribution is 2.27. The molecule has 0 N–H and O–H groups in total. The highest BCUT2D eigenvalue weighted by atomic mass is 15.3. The van der Waals surface area contributed by atoms with Crippen LogP contribution in [0.25, 0.3) is 0 Å². The van der Waals surface area contributed by atoms with Crippen LogP contribution in [0.3, 0.4) is 0 Å². The fourth-order valence-corrected chi connectivity index (χ4v) is 3.33. The minimum atomic E-state index is 0.397. The smallest absolute Gasteiger partial charge is 0.225 e.